The molecule has 0 aliphatic heterocycles. The molecule has 1 aromatic rings. The number of carbonyl (C=O) groups is 1. The van der Waals surface area contributed by atoms with E-state index in [1.54, 1.807) is 6.07 Å². The molecule has 116 valence electrons. The van der Waals surface area contributed by atoms with E-state index in [1.807, 2.05) is 18.2 Å². The number of nitrogens with one attached hydrogen (secondary N) is 1. The van der Waals surface area contributed by atoms with E-state index in [2.05, 4.69) is 26.1 Å². The van der Waals surface area contributed by atoms with Gasteiger partial charge in [-0.2, -0.15) is 0 Å². The number of rotatable bonds is 4. The highest BCUT2D eigenvalue weighted by Gasteiger charge is 2.29. The summed E-state index contributed by atoms with van der Waals surface area (Å²) in [6.07, 6.45) is 5.11. The van der Waals surface area contributed by atoms with Crippen LogP contribution in [0.25, 0.3) is 0 Å². The van der Waals surface area contributed by atoms with Crippen molar-refractivity contribution in [1.82, 2.24) is 5.32 Å². The molecule has 1 aromatic carbocycles. The number of carbonyl (C=O) groups excluding carboxylic acids is 1. The van der Waals surface area contributed by atoms with Crippen molar-refractivity contribution in [3.05, 3.63) is 35.4 Å². The predicted octanol–water partition coefficient (Wildman–Crippen LogP) is 3.48. The van der Waals surface area contributed by atoms with Crippen LogP contribution in [-0.4, -0.2) is 11.9 Å². The fourth-order valence-electron chi connectivity index (χ4n) is 3.26. The maximum atomic E-state index is 11.2. The quantitative estimate of drug-likeness (QED) is 0.891. The van der Waals surface area contributed by atoms with Crippen LogP contribution in [0.4, 0.5) is 0 Å². The first-order valence-corrected chi connectivity index (χ1v) is 7.98. The minimum absolute atomic E-state index is 0.359. The van der Waals surface area contributed by atoms with Crippen molar-refractivity contribution >= 4 is 5.91 Å². The van der Waals surface area contributed by atoms with E-state index < -0.39 is 0 Å². The van der Waals surface area contributed by atoms with Gasteiger partial charge >= 0.3 is 0 Å². The number of nitrogens with two attached hydrogens (primary N) is 1. The molecule has 0 atom stereocenters. The Labute approximate surface area is 128 Å². The second-order valence-corrected chi connectivity index (χ2v) is 7.36. The van der Waals surface area contributed by atoms with Crippen molar-refractivity contribution in [1.29, 1.82) is 0 Å². The zero-order valence-corrected chi connectivity index (χ0v) is 13.5. The van der Waals surface area contributed by atoms with Crippen LogP contribution in [0.15, 0.2) is 24.3 Å². The minimum atomic E-state index is -0.359. The molecule has 3 heteroatoms. The lowest BCUT2D eigenvalue weighted by molar-refractivity contribution is 0.1000. The fraction of sp³-hybridized carbons (Fsp3) is 0.611. The van der Waals surface area contributed by atoms with Crippen molar-refractivity contribution in [2.24, 2.45) is 17.1 Å². The van der Waals surface area contributed by atoms with Crippen molar-refractivity contribution in [3.63, 3.8) is 0 Å². The van der Waals surface area contributed by atoms with Crippen molar-refractivity contribution in [2.45, 2.75) is 59.0 Å². The van der Waals surface area contributed by atoms with Crippen molar-refractivity contribution < 1.29 is 4.79 Å². The molecule has 1 aliphatic carbocycles. The van der Waals surface area contributed by atoms with Gasteiger partial charge in [0, 0.05) is 18.2 Å². The van der Waals surface area contributed by atoms with Gasteiger partial charge < -0.3 is 11.1 Å². The Morgan fingerprint density at radius 1 is 1.24 bits per heavy atom. The van der Waals surface area contributed by atoms with Gasteiger partial charge in [0.05, 0.1) is 0 Å². The van der Waals surface area contributed by atoms with Gasteiger partial charge in [0.2, 0.25) is 5.91 Å². The van der Waals surface area contributed by atoms with E-state index in [0.717, 1.165) is 18.0 Å². The summed E-state index contributed by atoms with van der Waals surface area (Å²) in [6, 6.07) is 8.19. The van der Waals surface area contributed by atoms with E-state index >= 15 is 0 Å². The summed E-state index contributed by atoms with van der Waals surface area (Å²) in [4.78, 5) is 11.2. The van der Waals surface area contributed by atoms with Gasteiger partial charge in [-0.3, -0.25) is 4.79 Å². The normalized spacial score (nSPS) is 23.0. The smallest absolute Gasteiger partial charge is 0.248 e. The van der Waals surface area contributed by atoms with Gasteiger partial charge in [-0.1, -0.05) is 32.9 Å². The van der Waals surface area contributed by atoms with Crippen LogP contribution in [0.5, 0.6) is 0 Å². The lowest BCUT2D eigenvalue weighted by atomic mass is 9.71. The molecule has 1 aliphatic rings. The zero-order valence-electron chi connectivity index (χ0n) is 13.5. The topological polar surface area (TPSA) is 55.1 Å². The molecular formula is C18H28N2O. The largest absolute Gasteiger partial charge is 0.366 e. The van der Waals surface area contributed by atoms with Gasteiger partial charge in [-0.25, -0.2) is 0 Å². The summed E-state index contributed by atoms with van der Waals surface area (Å²) in [7, 11) is 0. The number of hydrogen-bond donors (Lipinski definition) is 2. The third-order valence-electron chi connectivity index (χ3n) is 4.76. The summed E-state index contributed by atoms with van der Waals surface area (Å²) in [5.41, 5.74) is 7.47. The Morgan fingerprint density at radius 3 is 2.48 bits per heavy atom. The molecule has 0 bridgehead atoms. The monoisotopic (exact) mass is 288 g/mol. The molecule has 0 aromatic heterocycles. The predicted molar refractivity (Wildman–Crippen MR) is 87.0 cm³/mol. The van der Waals surface area contributed by atoms with Crippen LogP contribution in [0.1, 0.15) is 62.4 Å². The molecule has 0 unspecified atom stereocenters. The van der Waals surface area contributed by atoms with Crippen molar-refractivity contribution in [3.8, 4) is 0 Å². The standard InChI is InChI=1S/C18H28N2O/c1-18(2,3)15-7-9-16(10-8-15)20-12-13-5-4-6-14(11-13)17(19)21/h4-6,11,15-16,20H,7-10,12H2,1-3H3,(H2,19,21). The molecule has 3 nitrogen and oxygen atoms in total. The van der Waals surface area contributed by atoms with Crippen LogP contribution in [0, 0.1) is 11.3 Å². The first-order chi connectivity index (χ1) is 9.86. The number of amides is 1. The molecule has 1 fully saturated rings. The summed E-state index contributed by atoms with van der Waals surface area (Å²) in [5, 5.41) is 3.62. The van der Waals surface area contributed by atoms with Crippen LogP contribution in [0.2, 0.25) is 0 Å². The van der Waals surface area contributed by atoms with E-state index in [4.69, 9.17) is 5.73 Å². The van der Waals surface area contributed by atoms with Crippen LogP contribution >= 0.6 is 0 Å². The number of benzene rings is 1. The molecule has 0 saturated heterocycles. The van der Waals surface area contributed by atoms with E-state index in [1.165, 1.54) is 25.7 Å². The van der Waals surface area contributed by atoms with Crippen molar-refractivity contribution in [2.75, 3.05) is 0 Å². The average Bonchev–Trinajstić information content (AvgIpc) is 2.45. The second-order valence-electron chi connectivity index (χ2n) is 7.36. The Balaban J connectivity index is 1.82. The molecule has 0 heterocycles. The zero-order chi connectivity index (χ0) is 15.5. The Bertz CT molecular complexity index is 482. The Hall–Kier alpha value is -1.35. The molecule has 3 N–H and O–H groups in total. The van der Waals surface area contributed by atoms with E-state index in [0.29, 0.717) is 17.0 Å². The van der Waals surface area contributed by atoms with Gasteiger partial charge in [0.25, 0.3) is 0 Å². The summed E-state index contributed by atoms with van der Waals surface area (Å²) in [5.74, 6) is 0.483. The summed E-state index contributed by atoms with van der Waals surface area (Å²) >= 11 is 0. The minimum Gasteiger partial charge on any atom is -0.366 e. The van der Waals surface area contributed by atoms with Crippen LogP contribution in [-0.2, 0) is 6.54 Å². The van der Waals surface area contributed by atoms with Crippen LogP contribution < -0.4 is 11.1 Å². The second kappa shape index (κ2) is 6.61. The lowest BCUT2D eigenvalue weighted by Gasteiger charge is -2.37. The molecule has 1 saturated carbocycles. The van der Waals surface area contributed by atoms with E-state index in [-0.39, 0.29) is 5.91 Å². The highest BCUT2D eigenvalue weighted by Crippen LogP contribution is 2.37. The maximum absolute atomic E-state index is 11.2. The third kappa shape index (κ3) is 4.57. The lowest BCUT2D eigenvalue weighted by Crippen LogP contribution is -2.35. The summed E-state index contributed by atoms with van der Waals surface area (Å²) < 4.78 is 0. The Kier molecular flexibility index (Phi) is 5.04. The number of primary amides is 1. The Morgan fingerprint density at radius 2 is 1.90 bits per heavy atom. The average molecular weight is 288 g/mol. The van der Waals surface area contributed by atoms with Gasteiger partial charge in [0.1, 0.15) is 0 Å². The highest BCUT2D eigenvalue weighted by atomic mass is 16.1. The van der Waals surface area contributed by atoms with Crippen LogP contribution in [0.3, 0.4) is 0 Å². The van der Waals surface area contributed by atoms with Gasteiger partial charge in [0.15, 0.2) is 0 Å². The molecule has 0 spiro atoms. The first kappa shape index (κ1) is 16.0. The molecule has 2 rings (SSSR count). The molecule has 0 radical (unpaired) electrons. The SMILES string of the molecule is CC(C)(C)C1CCC(NCc2cccc(C(N)=O)c2)CC1. The fourth-order valence-corrected chi connectivity index (χ4v) is 3.26. The van der Waals surface area contributed by atoms with Gasteiger partial charge in [-0.15, -0.1) is 0 Å². The first-order valence-electron chi connectivity index (χ1n) is 7.98. The third-order valence-corrected chi connectivity index (χ3v) is 4.76. The van der Waals surface area contributed by atoms with Gasteiger partial charge in [-0.05, 0) is 54.7 Å². The number of hydrogen-bond acceptors (Lipinski definition) is 2. The molecule has 1 amide bonds. The highest BCUT2D eigenvalue weighted by molar-refractivity contribution is 5.92. The summed E-state index contributed by atoms with van der Waals surface area (Å²) in [6.45, 7) is 7.86. The van der Waals surface area contributed by atoms with E-state index in [9.17, 15) is 4.79 Å². The molecular weight excluding hydrogens is 260 g/mol. The maximum Gasteiger partial charge on any atom is 0.248 e. The molecule has 21 heavy (non-hydrogen) atoms.